The molecule has 0 saturated carbocycles. The molecule has 0 aliphatic heterocycles. The van der Waals surface area contributed by atoms with E-state index in [1.807, 2.05) is 6.08 Å². The number of carbonyl (C=O) groups excluding carboxylic acids is 2. The van der Waals surface area contributed by atoms with E-state index in [1.54, 1.807) is 0 Å². The van der Waals surface area contributed by atoms with Crippen LogP contribution in [0.1, 0.15) is 213 Å². The minimum atomic E-state index is -0.588. The summed E-state index contributed by atoms with van der Waals surface area (Å²) in [5.74, 6) is -0.518. The first-order valence-electron chi connectivity index (χ1n) is 24.8. The van der Waals surface area contributed by atoms with Gasteiger partial charge in [0.25, 0.3) is 0 Å². The van der Waals surface area contributed by atoms with Crippen LogP contribution in [0.5, 0.6) is 0 Å². The number of esters is 2. The van der Waals surface area contributed by atoms with Crippen molar-refractivity contribution < 1.29 is 23.8 Å². The van der Waals surface area contributed by atoms with E-state index in [1.165, 1.54) is 89.9 Å². The average Bonchev–Trinajstić information content (AvgIpc) is 3.25. The van der Waals surface area contributed by atoms with Crippen LogP contribution in [0.3, 0.4) is 0 Å². The van der Waals surface area contributed by atoms with Crippen molar-refractivity contribution in [2.45, 2.75) is 219 Å². The first-order valence-corrected chi connectivity index (χ1v) is 24.8. The number of unbranched alkanes of at least 4 members (excludes halogenated alkanes) is 17. The van der Waals surface area contributed by atoms with Gasteiger partial charge in [0.15, 0.2) is 6.10 Å². The summed E-state index contributed by atoms with van der Waals surface area (Å²) in [5, 5.41) is 0. The molecule has 342 valence electrons. The van der Waals surface area contributed by atoms with Gasteiger partial charge in [-0.05, 0) is 103 Å². The van der Waals surface area contributed by atoms with Crippen molar-refractivity contribution in [2.75, 3.05) is 19.8 Å². The molecule has 60 heavy (non-hydrogen) atoms. The highest BCUT2D eigenvalue weighted by Crippen LogP contribution is 2.12. The van der Waals surface area contributed by atoms with Crippen LogP contribution in [0, 0.1) is 0 Å². The van der Waals surface area contributed by atoms with E-state index in [2.05, 4.69) is 112 Å². The number of carbonyl (C=O) groups is 2. The zero-order valence-corrected chi connectivity index (χ0v) is 39.2. The van der Waals surface area contributed by atoms with Crippen molar-refractivity contribution >= 4 is 11.9 Å². The van der Waals surface area contributed by atoms with Crippen molar-refractivity contribution in [1.29, 1.82) is 0 Å². The van der Waals surface area contributed by atoms with Gasteiger partial charge < -0.3 is 14.2 Å². The average molecular weight is 833 g/mol. The summed E-state index contributed by atoms with van der Waals surface area (Å²) in [5.41, 5.74) is 0. The maximum atomic E-state index is 12.7. The molecule has 0 radical (unpaired) electrons. The number of allylic oxidation sites excluding steroid dienone is 16. The molecule has 0 N–H and O–H groups in total. The molecule has 0 rings (SSSR count). The number of hydrogen-bond donors (Lipinski definition) is 0. The monoisotopic (exact) mass is 833 g/mol. The molecule has 0 aliphatic rings. The zero-order valence-electron chi connectivity index (χ0n) is 39.2. The van der Waals surface area contributed by atoms with Crippen LogP contribution in [-0.2, 0) is 23.8 Å². The van der Waals surface area contributed by atoms with Crippen molar-refractivity contribution in [3.05, 3.63) is 97.2 Å². The smallest absolute Gasteiger partial charge is 0.306 e. The van der Waals surface area contributed by atoms with E-state index in [0.29, 0.717) is 19.4 Å². The van der Waals surface area contributed by atoms with Crippen LogP contribution in [-0.4, -0.2) is 37.9 Å². The van der Waals surface area contributed by atoms with Gasteiger partial charge in [-0.2, -0.15) is 0 Å². The van der Waals surface area contributed by atoms with Crippen LogP contribution in [0.25, 0.3) is 0 Å². The van der Waals surface area contributed by atoms with E-state index >= 15 is 0 Å². The second-order valence-electron chi connectivity index (χ2n) is 15.9. The van der Waals surface area contributed by atoms with Crippen molar-refractivity contribution in [2.24, 2.45) is 0 Å². The highest BCUT2D eigenvalue weighted by atomic mass is 16.6. The Labute approximate surface area is 371 Å². The lowest BCUT2D eigenvalue weighted by molar-refractivity contribution is -0.162. The molecular weight excluding hydrogens is 741 g/mol. The van der Waals surface area contributed by atoms with Crippen molar-refractivity contribution in [3.8, 4) is 0 Å². The fraction of sp³-hybridized carbons (Fsp3) is 0.673. The molecule has 5 nitrogen and oxygen atoms in total. The molecule has 0 aromatic carbocycles. The second-order valence-corrected chi connectivity index (χ2v) is 15.9. The molecule has 1 unspecified atom stereocenters. The lowest BCUT2D eigenvalue weighted by Crippen LogP contribution is -2.30. The third-order valence-corrected chi connectivity index (χ3v) is 10.1. The Morgan fingerprint density at radius 3 is 1.28 bits per heavy atom. The third-order valence-electron chi connectivity index (χ3n) is 10.1. The lowest BCUT2D eigenvalue weighted by atomic mass is 10.1. The molecule has 0 aliphatic carbocycles. The van der Waals surface area contributed by atoms with Crippen LogP contribution in [0.2, 0.25) is 0 Å². The predicted molar refractivity (Wildman–Crippen MR) is 260 cm³/mol. The van der Waals surface area contributed by atoms with Gasteiger partial charge in [-0.15, -0.1) is 0 Å². The number of ether oxygens (including phenoxy) is 3. The second kappa shape index (κ2) is 50.2. The van der Waals surface area contributed by atoms with E-state index in [-0.39, 0.29) is 31.6 Å². The Hall–Kier alpha value is -3.18. The van der Waals surface area contributed by atoms with Gasteiger partial charge in [0.1, 0.15) is 6.61 Å². The first kappa shape index (κ1) is 56.8. The van der Waals surface area contributed by atoms with E-state index in [9.17, 15) is 9.59 Å². The quantitative estimate of drug-likeness (QED) is 0.0348. The van der Waals surface area contributed by atoms with Gasteiger partial charge >= 0.3 is 11.9 Å². The summed E-state index contributed by atoms with van der Waals surface area (Å²) in [6, 6.07) is 0. The van der Waals surface area contributed by atoms with E-state index in [0.717, 1.165) is 83.5 Å². The fourth-order valence-corrected chi connectivity index (χ4v) is 6.47. The van der Waals surface area contributed by atoms with Gasteiger partial charge in [0.05, 0.1) is 6.61 Å². The third kappa shape index (κ3) is 47.5. The van der Waals surface area contributed by atoms with Gasteiger partial charge in [0.2, 0.25) is 0 Å². The molecule has 0 fully saturated rings. The standard InChI is InChI=1S/C55H92O5/c1-4-7-10-13-16-19-22-25-27-29-32-35-38-41-44-47-50-58-51-53(60-55(57)49-46-43-40-37-34-30-24-21-18-15-12-9-6-3)52-59-54(56)48-45-42-39-36-33-31-28-26-23-20-17-14-11-8-5-2/h8-9,11-12,17-18,20-21,25-28,30,34,40,43,53H,4-7,10,13-16,19,22-24,29,31-33,35-39,41-42,44-52H2,1-3H3/b11-8-,12-9-,20-17-,21-18-,27-25-,28-26-,34-30-,43-40-. The minimum Gasteiger partial charge on any atom is -0.462 e. The normalized spacial score (nSPS) is 13.1. The summed E-state index contributed by atoms with van der Waals surface area (Å²) in [6.07, 6.45) is 67.1. The van der Waals surface area contributed by atoms with Crippen molar-refractivity contribution in [3.63, 3.8) is 0 Å². The molecule has 5 heteroatoms. The fourth-order valence-electron chi connectivity index (χ4n) is 6.47. The van der Waals surface area contributed by atoms with Gasteiger partial charge in [0, 0.05) is 19.4 Å². The molecule has 0 saturated heterocycles. The van der Waals surface area contributed by atoms with Crippen molar-refractivity contribution in [1.82, 2.24) is 0 Å². The Bertz CT molecular complexity index is 1170. The molecule has 0 amide bonds. The maximum Gasteiger partial charge on any atom is 0.306 e. The number of hydrogen-bond acceptors (Lipinski definition) is 5. The van der Waals surface area contributed by atoms with Crippen LogP contribution in [0.15, 0.2) is 97.2 Å². The zero-order chi connectivity index (χ0) is 43.5. The Balaban J connectivity index is 4.39. The minimum absolute atomic E-state index is 0.0406. The topological polar surface area (TPSA) is 61.8 Å². The van der Waals surface area contributed by atoms with Gasteiger partial charge in [-0.3, -0.25) is 9.59 Å². The Morgan fingerprint density at radius 1 is 0.383 bits per heavy atom. The van der Waals surface area contributed by atoms with E-state index in [4.69, 9.17) is 14.2 Å². The Morgan fingerprint density at radius 2 is 0.783 bits per heavy atom. The molecule has 0 bridgehead atoms. The molecule has 0 spiro atoms. The summed E-state index contributed by atoms with van der Waals surface area (Å²) >= 11 is 0. The van der Waals surface area contributed by atoms with Gasteiger partial charge in [-0.1, -0.05) is 195 Å². The molecule has 0 aromatic heterocycles. The summed E-state index contributed by atoms with van der Waals surface area (Å²) in [6.45, 7) is 7.48. The Kier molecular flexibility index (Phi) is 47.5. The van der Waals surface area contributed by atoms with Crippen LogP contribution in [0.4, 0.5) is 0 Å². The summed E-state index contributed by atoms with van der Waals surface area (Å²) in [4.78, 5) is 25.3. The molecular formula is C55H92O5. The maximum absolute atomic E-state index is 12.7. The summed E-state index contributed by atoms with van der Waals surface area (Å²) < 4.78 is 17.3. The molecule has 0 heterocycles. The SMILES string of the molecule is CC/C=C\C/C=C\C/C=C\C/C=C\CCC(=O)OC(COCCCCCCCC/C=C\CCCCCCCC)COC(=O)CCCCCCC/C=C\C/C=C\C/C=C\CC. The van der Waals surface area contributed by atoms with Gasteiger partial charge in [-0.25, -0.2) is 0 Å². The predicted octanol–water partition coefficient (Wildman–Crippen LogP) is 16.7. The summed E-state index contributed by atoms with van der Waals surface area (Å²) in [7, 11) is 0. The van der Waals surface area contributed by atoms with Crippen LogP contribution < -0.4 is 0 Å². The molecule has 1 atom stereocenters. The van der Waals surface area contributed by atoms with Crippen LogP contribution >= 0.6 is 0 Å². The van der Waals surface area contributed by atoms with E-state index < -0.39 is 6.10 Å². The number of rotatable bonds is 44. The first-order chi connectivity index (χ1) is 29.6. The highest BCUT2D eigenvalue weighted by molar-refractivity contribution is 5.70. The largest absolute Gasteiger partial charge is 0.462 e. The lowest BCUT2D eigenvalue weighted by Gasteiger charge is -2.18. The molecule has 0 aromatic rings. The highest BCUT2D eigenvalue weighted by Gasteiger charge is 2.17.